The molecule has 0 bridgehead atoms. The first-order valence-corrected chi connectivity index (χ1v) is 9.52. The molecule has 1 fully saturated rings. The predicted octanol–water partition coefficient (Wildman–Crippen LogP) is 0.258. The Morgan fingerprint density at radius 3 is 2.88 bits per heavy atom. The second-order valence-corrected chi connectivity index (χ2v) is 8.59. The lowest BCUT2D eigenvalue weighted by atomic mass is 10.0. The minimum absolute atomic E-state index is 0.0387. The summed E-state index contributed by atoms with van der Waals surface area (Å²) in [6, 6.07) is 5.05. The minimum atomic E-state index is -3.34. The lowest BCUT2D eigenvalue weighted by Crippen LogP contribution is -2.43. The molecule has 1 saturated heterocycles. The lowest BCUT2D eigenvalue weighted by molar-refractivity contribution is 0.0926. The van der Waals surface area contributed by atoms with Gasteiger partial charge in [-0.1, -0.05) is 0 Å². The smallest absolute Gasteiger partial charge is 0.251 e. The van der Waals surface area contributed by atoms with Crippen LogP contribution >= 0.6 is 0 Å². The third-order valence-electron chi connectivity index (χ3n) is 4.45. The van der Waals surface area contributed by atoms with E-state index >= 15 is 0 Å². The van der Waals surface area contributed by atoms with Crippen molar-refractivity contribution in [3.8, 4) is 5.75 Å². The van der Waals surface area contributed by atoms with Crippen LogP contribution in [0, 0.1) is 5.92 Å². The summed E-state index contributed by atoms with van der Waals surface area (Å²) in [5.41, 5.74) is 1.58. The molecule has 1 N–H and O–H groups in total. The molecule has 24 heavy (non-hydrogen) atoms. The van der Waals surface area contributed by atoms with Gasteiger partial charge >= 0.3 is 0 Å². The van der Waals surface area contributed by atoms with E-state index in [0.717, 1.165) is 17.7 Å². The molecule has 0 radical (unpaired) electrons. The van der Waals surface area contributed by atoms with Gasteiger partial charge in [-0.25, -0.2) is 12.7 Å². The molecule has 0 aromatic heterocycles. The summed E-state index contributed by atoms with van der Waals surface area (Å²) < 4.78 is 36.1. The highest BCUT2D eigenvalue weighted by atomic mass is 32.2. The van der Waals surface area contributed by atoms with E-state index in [4.69, 9.17) is 9.47 Å². The van der Waals surface area contributed by atoms with Crippen LogP contribution in [0.2, 0.25) is 0 Å². The number of hydrogen-bond acceptors (Lipinski definition) is 5. The summed E-state index contributed by atoms with van der Waals surface area (Å²) in [5.74, 6) is 0.320. The number of nitrogens with zero attached hydrogens (tertiary/aromatic N) is 1. The van der Waals surface area contributed by atoms with Gasteiger partial charge in [0.15, 0.2) is 0 Å². The molecule has 0 saturated carbocycles. The van der Waals surface area contributed by atoms with Crippen LogP contribution in [0.5, 0.6) is 5.75 Å². The normalized spacial score (nSPS) is 23.1. The van der Waals surface area contributed by atoms with E-state index in [1.165, 1.54) is 18.4 Å². The number of sulfonamides is 1. The molecule has 7 nitrogen and oxygen atoms in total. The second kappa shape index (κ2) is 6.70. The van der Waals surface area contributed by atoms with E-state index in [1.54, 1.807) is 12.1 Å². The van der Waals surface area contributed by atoms with Gasteiger partial charge in [0, 0.05) is 32.0 Å². The topological polar surface area (TPSA) is 84.9 Å². The van der Waals surface area contributed by atoms with Crippen molar-refractivity contribution in [3.05, 3.63) is 29.3 Å². The maximum atomic E-state index is 12.5. The van der Waals surface area contributed by atoms with Crippen molar-refractivity contribution in [1.29, 1.82) is 0 Å². The van der Waals surface area contributed by atoms with Gasteiger partial charge < -0.3 is 14.8 Å². The first kappa shape index (κ1) is 17.2. The van der Waals surface area contributed by atoms with E-state index in [0.29, 0.717) is 25.4 Å². The lowest BCUT2D eigenvalue weighted by Gasteiger charge is -2.21. The van der Waals surface area contributed by atoms with Crippen LogP contribution in [0.15, 0.2) is 18.2 Å². The molecule has 2 aliphatic rings. The molecule has 8 heteroatoms. The number of ether oxygens (including phenoxy) is 2. The quantitative estimate of drug-likeness (QED) is 0.820. The van der Waals surface area contributed by atoms with Gasteiger partial charge in [-0.15, -0.1) is 0 Å². The van der Waals surface area contributed by atoms with Crippen molar-refractivity contribution < 1.29 is 22.7 Å². The van der Waals surface area contributed by atoms with E-state index in [1.807, 2.05) is 6.07 Å². The zero-order valence-electron chi connectivity index (χ0n) is 13.8. The molecular formula is C16H22N2O5S. The monoisotopic (exact) mass is 354 g/mol. The first-order valence-electron chi connectivity index (χ1n) is 7.91. The number of carbonyl (C=O) groups excluding carboxylic acids is 1. The average molecular weight is 354 g/mol. The minimum Gasteiger partial charge on any atom is -0.493 e. The Kier molecular flexibility index (Phi) is 4.80. The molecular weight excluding hydrogens is 332 g/mol. The Bertz CT molecular complexity index is 732. The van der Waals surface area contributed by atoms with Gasteiger partial charge in [0.05, 0.1) is 31.6 Å². The van der Waals surface area contributed by atoms with Crippen molar-refractivity contribution in [3.63, 3.8) is 0 Å². The highest BCUT2D eigenvalue weighted by molar-refractivity contribution is 7.89. The molecule has 0 aliphatic carbocycles. The Morgan fingerprint density at radius 1 is 1.33 bits per heavy atom. The molecule has 132 valence electrons. The van der Waals surface area contributed by atoms with Crippen molar-refractivity contribution in [1.82, 2.24) is 9.62 Å². The van der Waals surface area contributed by atoms with Crippen LogP contribution in [0.1, 0.15) is 15.9 Å². The molecule has 0 unspecified atom stereocenters. The van der Waals surface area contributed by atoms with Crippen LogP contribution in [0.3, 0.4) is 0 Å². The number of carbonyl (C=O) groups is 1. The molecule has 2 aliphatic heterocycles. The molecule has 2 heterocycles. The highest BCUT2D eigenvalue weighted by Gasteiger charge is 2.34. The van der Waals surface area contributed by atoms with Crippen LogP contribution in [-0.4, -0.2) is 64.3 Å². The summed E-state index contributed by atoms with van der Waals surface area (Å²) in [5, 5.41) is 2.91. The number of hydrogen-bond donors (Lipinski definition) is 1. The Balaban J connectivity index is 1.67. The van der Waals surface area contributed by atoms with Crippen LogP contribution < -0.4 is 10.1 Å². The Labute approximate surface area is 142 Å². The van der Waals surface area contributed by atoms with Crippen molar-refractivity contribution in [2.24, 2.45) is 5.92 Å². The summed E-state index contributed by atoms with van der Waals surface area (Å²) in [7, 11) is -0.327. The number of benzene rings is 1. The zero-order valence-corrected chi connectivity index (χ0v) is 14.6. The number of nitrogens with one attached hydrogen (secondary N) is 1. The molecule has 1 aromatic rings. The maximum Gasteiger partial charge on any atom is 0.251 e. The molecule has 1 aromatic carbocycles. The van der Waals surface area contributed by atoms with Gasteiger partial charge in [-0.2, -0.15) is 0 Å². The van der Waals surface area contributed by atoms with E-state index < -0.39 is 10.0 Å². The van der Waals surface area contributed by atoms with Crippen molar-refractivity contribution >= 4 is 15.9 Å². The number of amides is 1. The number of fused-ring (bicyclic) bond motifs is 1. The molecule has 0 spiro atoms. The zero-order chi connectivity index (χ0) is 17.3. The fraction of sp³-hybridized carbons (Fsp3) is 0.562. The van der Waals surface area contributed by atoms with Gasteiger partial charge in [0.25, 0.3) is 5.91 Å². The van der Waals surface area contributed by atoms with Gasteiger partial charge in [-0.05, 0) is 23.8 Å². The fourth-order valence-corrected chi connectivity index (χ4v) is 4.09. The first-order chi connectivity index (χ1) is 11.4. The standard InChI is InChI=1S/C16H22N2O5S/c1-18(2)24(20,21)10-13-8-22-9-14(13)17-16(19)12-3-4-15-11(7-12)5-6-23-15/h3-4,7,13-14H,5-6,8-10H2,1-2H3,(H,17,19)/t13-,14+/m0/s1. The third-order valence-corrected chi connectivity index (χ3v) is 6.41. The fourth-order valence-electron chi connectivity index (χ4n) is 2.92. The molecule has 3 rings (SSSR count). The number of rotatable bonds is 5. The summed E-state index contributed by atoms with van der Waals surface area (Å²) in [6.45, 7) is 1.30. The Morgan fingerprint density at radius 2 is 2.12 bits per heavy atom. The summed E-state index contributed by atoms with van der Waals surface area (Å²) in [4.78, 5) is 12.5. The van der Waals surface area contributed by atoms with Crippen molar-refractivity contribution in [2.75, 3.05) is 39.7 Å². The molecule has 1 amide bonds. The van der Waals surface area contributed by atoms with Crippen LogP contribution in [-0.2, 0) is 21.2 Å². The highest BCUT2D eigenvalue weighted by Crippen LogP contribution is 2.26. The van der Waals surface area contributed by atoms with E-state index in [-0.39, 0.29) is 23.6 Å². The summed E-state index contributed by atoms with van der Waals surface area (Å²) >= 11 is 0. The van der Waals surface area contributed by atoms with E-state index in [9.17, 15) is 13.2 Å². The maximum absolute atomic E-state index is 12.5. The van der Waals surface area contributed by atoms with Gasteiger partial charge in [0.1, 0.15) is 5.75 Å². The molecule has 2 atom stereocenters. The summed E-state index contributed by atoms with van der Waals surface area (Å²) in [6.07, 6.45) is 0.798. The van der Waals surface area contributed by atoms with Gasteiger partial charge in [0.2, 0.25) is 10.0 Å². The van der Waals surface area contributed by atoms with Crippen LogP contribution in [0.25, 0.3) is 0 Å². The van der Waals surface area contributed by atoms with Crippen molar-refractivity contribution in [2.45, 2.75) is 12.5 Å². The Hall–Kier alpha value is -1.64. The average Bonchev–Trinajstić information content (AvgIpc) is 3.15. The largest absolute Gasteiger partial charge is 0.493 e. The van der Waals surface area contributed by atoms with Crippen LogP contribution in [0.4, 0.5) is 0 Å². The second-order valence-electron chi connectivity index (χ2n) is 6.36. The SMILES string of the molecule is CN(C)S(=O)(=O)C[C@@H]1COC[C@H]1NC(=O)c1ccc2c(c1)CCO2. The van der Waals surface area contributed by atoms with Gasteiger partial charge in [-0.3, -0.25) is 4.79 Å². The third kappa shape index (κ3) is 3.55. The van der Waals surface area contributed by atoms with E-state index in [2.05, 4.69) is 5.32 Å². The predicted molar refractivity (Wildman–Crippen MR) is 88.7 cm³/mol.